The lowest BCUT2D eigenvalue weighted by Crippen LogP contribution is -2.42. The molecule has 0 aliphatic carbocycles. The van der Waals surface area contributed by atoms with Crippen molar-refractivity contribution in [1.29, 1.82) is 0 Å². The number of aromatic nitrogens is 1. The lowest BCUT2D eigenvalue weighted by Gasteiger charge is -2.25. The van der Waals surface area contributed by atoms with Crippen LogP contribution in [0.25, 0.3) is 0 Å². The molecular formula is C22H30N4O3S. The van der Waals surface area contributed by atoms with Crippen LogP contribution in [0.4, 0.5) is 0 Å². The summed E-state index contributed by atoms with van der Waals surface area (Å²) in [6, 6.07) is 7.31. The van der Waals surface area contributed by atoms with Crippen LogP contribution in [0.3, 0.4) is 0 Å². The van der Waals surface area contributed by atoms with E-state index in [4.69, 9.17) is 4.74 Å². The average molecular weight is 431 g/mol. The number of carbonyl (C=O) groups excluding carboxylic acids is 2. The Balaban J connectivity index is 1.55. The summed E-state index contributed by atoms with van der Waals surface area (Å²) < 4.78 is 5.78. The fraction of sp³-hybridized carbons (Fsp3) is 0.500. The van der Waals surface area contributed by atoms with Gasteiger partial charge in [0.05, 0.1) is 17.7 Å². The van der Waals surface area contributed by atoms with Gasteiger partial charge < -0.3 is 14.5 Å². The molecule has 0 spiro atoms. The molecule has 3 rings (SSSR count). The minimum absolute atomic E-state index is 0.00558. The molecule has 1 fully saturated rings. The summed E-state index contributed by atoms with van der Waals surface area (Å²) in [5, 5.41) is 1.95. The van der Waals surface area contributed by atoms with Crippen molar-refractivity contribution >= 4 is 23.2 Å². The maximum atomic E-state index is 13.0. The van der Waals surface area contributed by atoms with Gasteiger partial charge in [-0.3, -0.25) is 14.5 Å². The minimum Gasteiger partial charge on any atom is -0.487 e. The van der Waals surface area contributed by atoms with E-state index in [1.54, 1.807) is 11.6 Å². The van der Waals surface area contributed by atoms with Crippen molar-refractivity contribution in [3.8, 4) is 5.75 Å². The Morgan fingerprint density at radius 1 is 1.17 bits per heavy atom. The molecular weight excluding hydrogens is 400 g/mol. The highest BCUT2D eigenvalue weighted by atomic mass is 32.1. The van der Waals surface area contributed by atoms with Gasteiger partial charge in [-0.05, 0) is 38.5 Å². The van der Waals surface area contributed by atoms with Crippen molar-refractivity contribution in [2.45, 2.75) is 26.9 Å². The number of nitrogens with zero attached hydrogens (tertiary/aromatic N) is 4. The van der Waals surface area contributed by atoms with Crippen LogP contribution < -0.4 is 4.74 Å². The van der Waals surface area contributed by atoms with Gasteiger partial charge in [0.2, 0.25) is 5.91 Å². The van der Waals surface area contributed by atoms with E-state index in [1.807, 2.05) is 47.2 Å². The molecule has 1 aromatic carbocycles. The largest absolute Gasteiger partial charge is 0.487 e. The number of hydrogen-bond donors (Lipinski definition) is 0. The molecule has 2 amide bonds. The molecule has 0 radical (unpaired) electrons. The van der Waals surface area contributed by atoms with E-state index in [0.29, 0.717) is 44.1 Å². The van der Waals surface area contributed by atoms with Gasteiger partial charge in [0.15, 0.2) is 0 Å². The summed E-state index contributed by atoms with van der Waals surface area (Å²) in [7, 11) is 0. The molecule has 0 saturated carbocycles. The number of ether oxygens (including phenoxy) is 1. The molecule has 0 N–H and O–H groups in total. The first kappa shape index (κ1) is 22.2. The summed E-state index contributed by atoms with van der Waals surface area (Å²) in [5.41, 5.74) is 3.28. The van der Waals surface area contributed by atoms with Gasteiger partial charge in [-0.25, -0.2) is 4.98 Å². The van der Waals surface area contributed by atoms with Gasteiger partial charge in [0.25, 0.3) is 5.91 Å². The maximum Gasteiger partial charge on any atom is 0.254 e. The highest BCUT2D eigenvalue weighted by Crippen LogP contribution is 2.18. The molecule has 8 heteroatoms. The number of benzene rings is 1. The van der Waals surface area contributed by atoms with Gasteiger partial charge in [0, 0.05) is 50.2 Å². The van der Waals surface area contributed by atoms with Crippen molar-refractivity contribution in [3.05, 3.63) is 46.4 Å². The highest BCUT2D eigenvalue weighted by Gasteiger charge is 2.22. The molecule has 0 unspecified atom stereocenters. The van der Waals surface area contributed by atoms with Crippen LogP contribution in [-0.4, -0.2) is 77.3 Å². The molecule has 162 valence electrons. The summed E-state index contributed by atoms with van der Waals surface area (Å²) in [4.78, 5) is 35.5. The molecule has 2 aromatic rings. The average Bonchev–Trinajstić information content (AvgIpc) is 3.18. The number of carbonyl (C=O) groups is 2. The van der Waals surface area contributed by atoms with Crippen molar-refractivity contribution in [3.63, 3.8) is 0 Å². The van der Waals surface area contributed by atoms with Crippen LogP contribution in [-0.2, 0) is 11.4 Å². The van der Waals surface area contributed by atoms with Crippen LogP contribution in [0, 0.1) is 0 Å². The van der Waals surface area contributed by atoms with Crippen molar-refractivity contribution in [2.75, 3.05) is 45.8 Å². The first-order chi connectivity index (χ1) is 14.6. The van der Waals surface area contributed by atoms with Gasteiger partial charge in [-0.15, -0.1) is 11.3 Å². The quantitative estimate of drug-likeness (QED) is 0.644. The van der Waals surface area contributed by atoms with E-state index in [9.17, 15) is 9.59 Å². The Kier molecular flexibility index (Phi) is 8.21. The number of hydrogen-bond acceptors (Lipinski definition) is 6. The topological polar surface area (TPSA) is 66.0 Å². The normalized spacial score (nSPS) is 14.9. The Morgan fingerprint density at radius 3 is 2.73 bits per heavy atom. The van der Waals surface area contributed by atoms with Crippen LogP contribution in [0.15, 0.2) is 35.2 Å². The van der Waals surface area contributed by atoms with E-state index >= 15 is 0 Å². The zero-order valence-electron chi connectivity index (χ0n) is 17.7. The SMILES string of the molecule is CCN(CC)C(=O)CN1CCCN(C(=O)c2cccc(OCc3cscn3)c2)CC1. The molecule has 0 bridgehead atoms. The minimum atomic E-state index is 0.00558. The summed E-state index contributed by atoms with van der Waals surface area (Å²) in [6.45, 7) is 9.12. The lowest BCUT2D eigenvalue weighted by atomic mass is 10.2. The summed E-state index contributed by atoms with van der Waals surface area (Å²) in [6.07, 6.45) is 0.858. The predicted molar refractivity (Wildman–Crippen MR) is 118 cm³/mol. The molecule has 1 saturated heterocycles. The Bertz CT molecular complexity index is 824. The number of thiazole rings is 1. The predicted octanol–water partition coefficient (Wildman–Crippen LogP) is 2.74. The van der Waals surface area contributed by atoms with Gasteiger partial charge in [-0.1, -0.05) is 6.07 Å². The first-order valence-corrected chi connectivity index (χ1v) is 11.4. The Labute approximate surface area is 182 Å². The van der Waals surface area contributed by atoms with Crippen molar-refractivity contribution in [1.82, 2.24) is 19.7 Å². The van der Waals surface area contributed by atoms with Gasteiger partial charge in [0.1, 0.15) is 12.4 Å². The standard InChI is InChI=1S/C22H30N4O3S/c1-3-25(4-2)21(27)14-24-9-6-10-26(12-11-24)22(28)18-7-5-8-20(13-18)29-15-19-16-30-17-23-19/h5,7-8,13,16-17H,3-4,6,9-12,14-15H2,1-2H3. The van der Waals surface area contributed by atoms with Gasteiger partial charge in [-0.2, -0.15) is 0 Å². The number of likely N-dealkylation sites (N-methyl/N-ethyl adjacent to an activating group) is 1. The van der Waals surface area contributed by atoms with E-state index in [-0.39, 0.29) is 11.8 Å². The molecule has 1 aliphatic rings. The van der Waals surface area contributed by atoms with Crippen LogP contribution in [0.5, 0.6) is 5.75 Å². The third kappa shape index (κ3) is 6.03. The summed E-state index contributed by atoms with van der Waals surface area (Å²) >= 11 is 1.53. The highest BCUT2D eigenvalue weighted by molar-refractivity contribution is 7.07. The van der Waals surface area contributed by atoms with Crippen LogP contribution in [0.2, 0.25) is 0 Å². The van der Waals surface area contributed by atoms with Gasteiger partial charge >= 0.3 is 0 Å². The number of amides is 2. The fourth-order valence-electron chi connectivity index (χ4n) is 3.57. The van der Waals surface area contributed by atoms with E-state index < -0.39 is 0 Å². The van der Waals surface area contributed by atoms with Crippen molar-refractivity contribution < 1.29 is 14.3 Å². The third-order valence-electron chi connectivity index (χ3n) is 5.30. The first-order valence-electron chi connectivity index (χ1n) is 10.5. The van der Waals surface area contributed by atoms with Crippen molar-refractivity contribution in [2.24, 2.45) is 0 Å². The molecule has 1 aliphatic heterocycles. The molecule has 7 nitrogen and oxygen atoms in total. The second-order valence-corrected chi connectivity index (χ2v) is 8.00. The molecule has 30 heavy (non-hydrogen) atoms. The zero-order valence-corrected chi connectivity index (χ0v) is 18.6. The van der Waals surface area contributed by atoms with Crippen LogP contribution >= 0.6 is 11.3 Å². The van der Waals surface area contributed by atoms with E-state index in [1.165, 1.54) is 11.3 Å². The monoisotopic (exact) mass is 430 g/mol. The Hall–Kier alpha value is -2.45. The second-order valence-electron chi connectivity index (χ2n) is 7.28. The zero-order chi connectivity index (χ0) is 21.3. The van der Waals surface area contributed by atoms with Crippen LogP contribution in [0.1, 0.15) is 36.3 Å². The number of rotatable bonds is 8. The molecule has 0 atom stereocenters. The second kappa shape index (κ2) is 11.1. The molecule has 1 aromatic heterocycles. The fourth-order valence-corrected chi connectivity index (χ4v) is 4.11. The lowest BCUT2D eigenvalue weighted by molar-refractivity contribution is -0.132. The summed E-state index contributed by atoms with van der Waals surface area (Å²) in [5.74, 6) is 0.825. The van der Waals surface area contributed by atoms with E-state index in [0.717, 1.165) is 31.7 Å². The maximum absolute atomic E-state index is 13.0. The smallest absolute Gasteiger partial charge is 0.254 e. The Morgan fingerprint density at radius 2 is 2.00 bits per heavy atom. The third-order valence-corrected chi connectivity index (χ3v) is 5.94. The van der Waals surface area contributed by atoms with E-state index in [2.05, 4.69) is 9.88 Å². The molecule has 2 heterocycles.